The highest BCUT2D eigenvalue weighted by Crippen LogP contribution is 2.42. The van der Waals surface area contributed by atoms with Gasteiger partial charge in [0, 0.05) is 25.6 Å². The Morgan fingerprint density at radius 2 is 2.07 bits per heavy atom. The number of thiocarbonyl (C=S) groups is 1. The average molecular weight is 394 g/mol. The van der Waals surface area contributed by atoms with Crippen molar-refractivity contribution in [3.8, 4) is 0 Å². The van der Waals surface area contributed by atoms with Crippen molar-refractivity contribution in [1.82, 2.24) is 14.7 Å². The summed E-state index contributed by atoms with van der Waals surface area (Å²) in [7, 11) is 1.84. The second-order valence-electron chi connectivity index (χ2n) is 7.17. The molecule has 0 bridgehead atoms. The summed E-state index contributed by atoms with van der Waals surface area (Å²) in [4.78, 5) is 17.8. The van der Waals surface area contributed by atoms with E-state index in [2.05, 4.69) is 22.6 Å². The molecule has 1 saturated carbocycles. The number of nitrogens with one attached hydrogen (secondary N) is 1. The molecule has 4 rings (SSSR count). The molecule has 0 amide bonds. The van der Waals surface area contributed by atoms with Crippen molar-refractivity contribution in [2.75, 3.05) is 7.05 Å². The first kappa shape index (κ1) is 18.6. The van der Waals surface area contributed by atoms with Gasteiger partial charge in [0.2, 0.25) is 0 Å². The van der Waals surface area contributed by atoms with E-state index in [1.165, 1.54) is 0 Å². The van der Waals surface area contributed by atoms with Crippen molar-refractivity contribution in [3.63, 3.8) is 0 Å². The number of carbonyl (C=O) groups excluding carboxylic acids is 1. The normalized spacial score (nSPS) is 22.0. The lowest BCUT2D eigenvalue weighted by atomic mass is 9.67. The zero-order valence-corrected chi connectivity index (χ0v) is 16.6. The number of ether oxygens (including phenoxy) is 1. The van der Waals surface area contributed by atoms with Gasteiger partial charge in [0.25, 0.3) is 0 Å². The molecule has 2 atom stereocenters. The SMILES string of the molecule is CNC(=S)C1(c2ccc3nccn3c2)CCCCC1OC(=O)c1ccccc1. The minimum Gasteiger partial charge on any atom is -0.457 e. The lowest BCUT2D eigenvalue weighted by Crippen LogP contribution is -2.54. The van der Waals surface area contributed by atoms with E-state index >= 15 is 0 Å². The van der Waals surface area contributed by atoms with Gasteiger partial charge in [-0.1, -0.05) is 42.9 Å². The predicted octanol–water partition coefficient (Wildman–Crippen LogP) is 3.92. The van der Waals surface area contributed by atoms with Gasteiger partial charge < -0.3 is 14.5 Å². The molecule has 0 saturated heterocycles. The number of carbonyl (C=O) groups is 1. The van der Waals surface area contributed by atoms with Gasteiger partial charge in [0.15, 0.2) is 0 Å². The lowest BCUT2D eigenvalue weighted by molar-refractivity contribution is 0.00429. The van der Waals surface area contributed by atoms with Crippen molar-refractivity contribution < 1.29 is 9.53 Å². The summed E-state index contributed by atoms with van der Waals surface area (Å²) >= 11 is 5.79. The Kier molecular flexibility index (Phi) is 5.13. The minimum atomic E-state index is -0.550. The van der Waals surface area contributed by atoms with Crippen molar-refractivity contribution in [1.29, 1.82) is 0 Å². The van der Waals surface area contributed by atoms with Crippen molar-refractivity contribution in [2.45, 2.75) is 37.2 Å². The first-order chi connectivity index (χ1) is 13.6. The molecule has 28 heavy (non-hydrogen) atoms. The Morgan fingerprint density at radius 1 is 1.25 bits per heavy atom. The molecule has 1 aliphatic carbocycles. The van der Waals surface area contributed by atoms with E-state index in [1.807, 2.05) is 41.9 Å². The van der Waals surface area contributed by atoms with Crippen LogP contribution in [-0.4, -0.2) is 33.5 Å². The molecular weight excluding hydrogens is 370 g/mol. The van der Waals surface area contributed by atoms with Gasteiger partial charge in [-0.15, -0.1) is 0 Å². The van der Waals surface area contributed by atoms with E-state index in [4.69, 9.17) is 17.0 Å². The molecular formula is C22H23N3O2S. The number of hydrogen-bond donors (Lipinski definition) is 1. The number of esters is 1. The molecule has 2 heterocycles. The van der Waals surface area contributed by atoms with E-state index in [9.17, 15) is 4.79 Å². The second kappa shape index (κ2) is 7.72. The van der Waals surface area contributed by atoms with Crippen LogP contribution in [0.5, 0.6) is 0 Å². The van der Waals surface area contributed by atoms with E-state index in [-0.39, 0.29) is 12.1 Å². The largest absolute Gasteiger partial charge is 0.457 e. The van der Waals surface area contributed by atoms with Gasteiger partial charge in [-0.25, -0.2) is 9.78 Å². The maximum Gasteiger partial charge on any atom is 0.338 e. The zero-order chi connectivity index (χ0) is 19.6. The Hall–Kier alpha value is -2.73. The van der Waals surface area contributed by atoms with E-state index in [0.717, 1.165) is 36.9 Å². The number of benzene rings is 1. The summed E-state index contributed by atoms with van der Waals surface area (Å²) < 4.78 is 8.06. The average Bonchev–Trinajstić information content (AvgIpc) is 3.22. The van der Waals surface area contributed by atoms with Crippen molar-refractivity contribution in [3.05, 3.63) is 72.2 Å². The lowest BCUT2D eigenvalue weighted by Gasteiger charge is -2.44. The van der Waals surface area contributed by atoms with Crippen LogP contribution in [0.3, 0.4) is 0 Å². The number of hydrogen-bond acceptors (Lipinski definition) is 4. The van der Waals surface area contributed by atoms with Crippen LogP contribution in [0.4, 0.5) is 0 Å². The minimum absolute atomic E-state index is 0.306. The summed E-state index contributed by atoms with van der Waals surface area (Å²) in [6.45, 7) is 0. The summed E-state index contributed by atoms with van der Waals surface area (Å²) in [6.07, 6.45) is 9.08. The first-order valence-electron chi connectivity index (χ1n) is 9.56. The smallest absolute Gasteiger partial charge is 0.338 e. The fraction of sp³-hybridized carbons (Fsp3) is 0.318. The molecule has 1 aliphatic rings. The molecule has 144 valence electrons. The molecule has 0 aliphatic heterocycles. The Morgan fingerprint density at radius 3 is 2.86 bits per heavy atom. The highest BCUT2D eigenvalue weighted by atomic mass is 32.1. The maximum atomic E-state index is 12.8. The van der Waals surface area contributed by atoms with Crippen LogP contribution in [0, 0.1) is 0 Å². The number of fused-ring (bicyclic) bond motifs is 1. The highest BCUT2D eigenvalue weighted by molar-refractivity contribution is 7.80. The quantitative estimate of drug-likeness (QED) is 0.538. The first-order valence-corrected chi connectivity index (χ1v) is 9.97. The van der Waals surface area contributed by atoms with Crippen LogP contribution in [0.15, 0.2) is 61.1 Å². The standard InChI is InChI=1S/C22H23N3O2S/c1-23-21(28)22(17-10-11-19-24-13-14-25(19)15-17)12-6-5-9-18(22)27-20(26)16-7-3-2-4-8-16/h2-4,7-8,10-11,13-15,18H,5-6,9,12H2,1H3,(H,23,28). The number of nitrogens with zero attached hydrogens (tertiary/aromatic N) is 2. The van der Waals surface area contributed by atoms with Gasteiger partial charge in [0.1, 0.15) is 11.8 Å². The van der Waals surface area contributed by atoms with Gasteiger partial charge in [-0.2, -0.15) is 0 Å². The monoisotopic (exact) mass is 393 g/mol. The molecule has 0 spiro atoms. The van der Waals surface area contributed by atoms with Crippen molar-refractivity contribution in [2.24, 2.45) is 0 Å². The van der Waals surface area contributed by atoms with E-state index in [1.54, 1.807) is 18.3 Å². The molecule has 1 aromatic carbocycles. The van der Waals surface area contributed by atoms with Crippen LogP contribution in [0.1, 0.15) is 41.6 Å². The summed E-state index contributed by atoms with van der Waals surface area (Å²) in [5, 5.41) is 3.17. The fourth-order valence-corrected chi connectivity index (χ4v) is 4.55. The molecule has 2 aromatic heterocycles. The molecule has 6 heteroatoms. The van der Waals surface area contributed by atoms with Crippen LogP contribution in [0.2, 0.25) is 0 Å². The Balaban J connectivity index is 1.76. The molecule has 3 aromatic rings. The Labute approximate surface area is 169 Å². The van der Waals surface area contributed by atoms with Crippen molar-refractivity contribution >= 4 is 28.8 Å². The topological polar surface area (TPSA) is 55.6 Å². The Bertz CT molecular complexity index is 1000. The molecule has 0 radical (unpaired) electrons. The van der Waals surface area contributed by atoms with Gasteiger partial charge in [0.05, 0.1) is 16.0 Å². The van der Waals surface area contributed by atoms with Crippen LogP contribution >= 0.6 is 12.2 Å². The third kappa shape index (κ3) is 3.18. The highest BCUT2D eigenvalue weighted by Gasteiger charge is 2.48. The number of rotatable bonds is 4. The van der Waals surface area contributed by atoms with Crippen LogP contribution in [-0.2, 0) is 10.2 Å². The second-order valence-corrected chi connectivity index (χ2v) is 7.57. The number of imidazole rings is 1. The summed E-state index contributed by atoms with van der Waals surface area (Å²) in [5.41, 5.74) is 1.93. The molecule has 2 unspecified atom stereocenters. The molecule has 5 nitrogen and oxygen atoms in total. The van der Waals surface area contributed by atoms with Gasteiger partial charge in [-0.05, 0) is 43.0 Å². The van der Waals surface area contributed by atoms with Gasteiger partial charge >= 0.3 is 5.97 Å². The molecule has 1 fully saturated rings. The van der Waals surface area contributed by atoms with E-state index in [0.29, 0.717) is 10.6 Å². The van der Waals surface area contributed by atoms with E-state index < -0.39 is 5.41 Å². The third-order valence-corrected chi connectivity index (χ3v) is 6.20. The predicted molar refractivity (Wildman–Crippen MR) is 113 cm³/mol. The van der Waals surface area contributed by atoms with Crippen LogP contribution in [0.25, 0.3) is 5.65 Å². The number of aromatic nitrogens is 2. The third-order valence-electron chi connectivity index (χ3n) is 5.63. The molecule has 1 N–H and O–H groups in total. The van der Waals surface area contributed by atoms with Crippen LogP contribution < -0.4 is 5.32 Å². The summed E-state index contributed by atoms with van der Waals surface area (Å²) in [6, 6.07) is 13.2. The zero-order valence-electron chi connectivity index (χ0n) is 15.8. The fourth-order valence-electron chi connectivity index (χ4n) is 4.20. The number of pyridine rings is 1. The number of likely N-dealkylation sites (N-methyl/N-ethyl adjacent to an activating group) is 1. The van der Waals surface area contributed by atoms with Gasteiger partial charge in [-0.3, -0.25) is 0 Å². The summed E-state index contributed by atoms with van der Waals surface area (Å²) in [5.74, 6) is -0.306. The maximum absolute atomic E-state index is 12.8.